The van der Waals surface area contributed by atoms with Gasteiger partial charge in [0.1, 0.15) is 6.04 Å². The molecule has 0 aliphatic rings. The quantitative estimate of drug-likeness (QED) is 0.330. The van der Waals surface area contributed by atoms with E-state index in [1.165, 1.54) is 13.2 Å². The molecule has 0 heterocycles. The summed E-state index contributed by atoms with van der Waals surface area (Å²) in [5, 5.41) is 11.6. The van der Waals surface area contributed by atoms with Gasteiger partial charge in [0.2, 0.25) is 0 Å². The van der Waals surface area contributed by atoms with Crippen LogP contribution < -0.4 is 56.7 Å². The largest absolute Gasteiger partial charge is 1.00 e. The standard InChI is InChI=1S/C10H17NO4.K/c1-6(2)9(10(13)14)11-7(3)5-8(12)15-4;/h5-6,9,11H,1-4H3,(H,13,14);/q;+1/b7-5+;/t9-;/m1./s1. The zero-order chi connectivity index (χ0) is 12.0. The minimum Gasteiger partial charge on any atom is -0.480 e. The van der Waals surface area contributed by atoms with Crippen molar-refractivity contribution in [2.45, 2.75) is 26.8 Å². The van der Waals surface area contributed by atoms with E-state index in [0.717, 1.165) is 0 Å². The average molecular weight is 254 g/mol. The smallest absolute Gasteiger partial charge is 0.480 e. The molecule has 0 rings (SSSR count). The summed E-state index contributed by atoms with van der Waals surface area (Å²) in [6, 6.07) is -0.703. The molecular weight excluding hydrogens is 237 g/mol. The number of carboxylic acid groups (broad SMARTS) is 1. The maximum absolute atomic E-state index is 10.9. The van der Waals surface area contributed by atoms with E-state index >= 15 is 0 Å². The third-order valence-electron chi connectivity index (χ3n) is 1.85. The first kappa shape index (κ1) is 18.5. The zero-order valence-corrected chi connectivity index (χ0v) is 13.5. The van der Waals surface area contributed by atoms with Crippen LogP contribution in [0.4, 0.5) is 0 Å². The molecule has 0 fully saturated rings. The van der Waals surface area contributed by atoms with Crippen LogP contribution in [0.3, 0.4) is 0 Å². The SMILES string of the molecule is COC(=O)/C=C(\C)N[C@@H](C(=O)O)C(C)C.[K+]. The molecule has 5 nitrogen and oxygen atoms in total. The maximum atomic E-state index is 10.9. The summed E-state index contributed by atoms with van der Waals surface area (Å²) < 4.78 is 4.42. The second kappa shape index (κ2) is 9.18. The summed E-state index contributed by atoms with van der Waals surface area (Å²) in [6.45, 7) is 5.20. The van der Waals surface area contributed by atoms with E-state index in [-0.39, 0.29) is 57.3 Å². The Morgan fingerprint density at radius 2 is 1.88 bits per heavy atom. The van der Waals surface area contributed by atoms with Crippen molar-refractivity contribution in [3.8, 4) is 0 Å². The monoisotopic (exact) mass is 254 g/mol. The van der Waals surface area contributed by atoms with Gasteiger partial charge in [-0.2, -0.15) is 0 Å². The second-order valence-electron chi connectivity index (χ2n) is 3.55. The Hall–Kier alpha value is 0.116. The minimum absolute atomic E-state index is 0. The third kappa shape index (κ3) is 7.40. The van der Waals surface area contributed by atoms with Gasteiger partial charge < -0.3 is 15.2 Å². The average Bonchev–Trinajstić information content (AvgIpc) is 2.12. The number of nitrogens with one attached hydrogen (secondary N) is 1. The molecular formula is C10H17KNO4+. The Labute approximate surface area is 138 Å². The van der Waals surface area contributed by atoms with Crippen molar-refractivity contribution in [2.24, 2.45) is 5.92 Å². The number of carboxylic acids is 1. The topological polar surface area (TPSA) is 75.6 Å². The van der Waals surface area contributed by atoms with Gasteiger partial charge in [-0.1, -0.05) is 13.8 Å². The van der Waals surface area contributed by atoms with Gasteiger partial charge in [0.25, 0.3) is 0 Å². The van der Waals surface area contributed by atoms with E-state index in [9.17, 15) is 9.59 Å². The van der Waals surface area contributed by atoms with Crippen LogP contribution in [-0.4, -0.2) is 30.2 Å². The number of hydrogen-bond acceptors (Lipinski definition) is 4. The molecule has 0 aromatic heterocycles. The van der Waals surface area contributed by atoms with Crippen molar-refractivity contribution in [1.82, 2.24) is 5.32 Å². The van der Waals surface area contributed by atoms with Gasteiger partial charge in [-0.25, -0.2) is 9.59 Å². The molecule has 86 valence electrons. The number of hydrogen-bond donors (Lipinski definition) is 2. The predicted octanol–water partition coefficient (Wildman–Crippen LogP) is -2.23. The van der Waals surface area contributed by atoms with Crippen LogP contribution in [0.25, 0.3) is 0 Å². The molecule has 0 bridgehead atoms. The molecule has 0 spiro atoms. The van der Waals surface area contributed by atoms with Crippen LogP contribution in [0.2, 0.25) is 0 Å². The summed E-state index contributed by atoms with van der Waals surface area (Å²) in [5.41, 5.74) is 0.475. The molecule has 0 saturated heterocycles. The molecule has 16 heavy (non-hydrogen) atoms. The number of carbonyl (C=O) groups is 2. The van der Waals surface area contributed by atoms with Gasteiger partial charge in [0.15, 0.2) is 0 Å². The van der Waals surface area contributed by atoms with Gasteiger partial charge in [-0.3, -0.25) is 0 Å². The fourth-order valence-electron chi connectivity index (χ4n) is 1.04. The van der Waals surface area contributed by atoms with Crippen molar-refractivity contribution in [3.63, 3.8) is 0 Å². The van der Waals surface area contributed by atoms with Crippen LogP contribution in [-0.2, 0) is 14.3 Å². The number of allylic oxidation sites excluding steroid dienone is 1. The van der Waals surface area contributed by atoms with Crippen molar-refractivity contribution >= 4 is 11.9 Å². The van der Waals surface area contributed by atoms with Gasteiger partial charge in [-0.15, -0.1) is 0 Å². The first-order valence-corrected chi connectivity index (χ1v) is 4.64. The Bertz CT molecular complexity index is 276. The number of ether oxygens (including phenoxy) is 1. The summed E-state index contributed by atoms with van der Waals surface area (Å²) in [4.78, 5) is 21.7. The number of carbonyl (C=O) groups excluding carboxylic acids is 1. The van der Waals surface area contributed by atoms with Crippen molar-refractivity contribution in [1.29, 1.82) is 0 Å². The first-order chi connectivity index (χ1) is 6.88. The molecule has 0 unspecified atom stereocenters. The molecule has 0 amide bonds. The van der Waals surface area contributed by atoms with E-state index < -0.39 is 18.0 Å². The predicted molar refractivity (Wildman–Crippen MR) is 55.2 cm³/mol. The Morgan fingerprint density at radius 3 is 2.19 bits per heavy atom. The van der Waals surface area contributed by atoms with Crippen LogP contribution in [0, 0.1) is 5.92 Å². The summed E-state index contributed by atoms with van der Waals surface area (Å²) >= 11 is 0. The molecule has 0 aromatic rings. The van der Waals surface area contributed by atoms with E-state index in [4.69, 9.17) is 5.11 Å². The molecule has 6 heteroatoms. The van der Waals surface area contributed by atoms with Gasteiger partial charge in [-0.05, 0) is 12.8 Å². The summed E-state index contributed by atoms with van der Waals surface area (Å²) in [5.74, 6) is -1.51. The van der Waals surface area contributed by atoms with Crippen LogP contribution in [0.5, 0.6) is 0 Å². The van der Waals surface area contributed by atoms with Crippen molar-refractivity contribution in [3.05, 3.63) is 11.8 Å². The van der Waals surface area contributed by atoms with Crippen molar-refractivity contribution in [2.75, 3.05) is 7.11 Å². The minimum atomic E-state index is -0.942. The zero-order valence-electron chi connectivity index (χ0n) is 10.4. The molecule has 0 aromatic carbocycles. The van der Waals surface area contributed by atoms with E-state index in [1.807, 2.05) is 0 Å². The van der Waals surface area contributed by atoms with E-state index in [1.54, 1.807) is 20.8 Å². The Kier molecular flexibility index (Phi) is 10.6. The van der Waals surface area contributed by atoms with Crippen LogP contribution in [0.1, 0.15) is 20.8 Å². The van der Waals surface area contributed by atoms with Crippen LogP contribution in [0.15, 0.2) is 11.8 Å². The van der Waals surface area contributed by atoms with Gasteiger partial charge in [0, 0.05) is 11.8 Å². The molecule has 0 radical (unpaired) electrons. The number of esters is 1. The van der Waals surface area contributed by atoms with Gasteiger partial charge in [0.05, 0.1) is 7.11 Å². The Morgan fingerprint density at radius 1 is 1.38 bits per heavy atom. The summed E-state index contributed by atoms with van der Waals surface area (Å²) in [7, 11) is 1.27. The molecule has 1 atom stereocenters. The molecule has 0 saturated carbocycles. The fourth-order valence-corrected chi connectivity index (χ4v) is 1.04. The number of methoxy groups -OCH3 is 1. The Balaban J connectivity index is 0. The number of rotatable bonds is 5. The fraction of sp³-hybridized carbons (Fsp3) is 0.600. The maximum Gasteiger partial charge on any atom is 1.00 e. The van der Waals surface area contributed by atoms with Gasteiger partial charge >= 0.3 is 63.3 Å². The van der Waals surface area contributed by atoms with Crippen molar-refractivity contribution < 1.29 is 70.8 Å². The van der Waals surface area contributed by atoms with E-state index in [0.29, 0.717) is 5.70 Å². The third-order valence-corrected chi connectivity index (χ3v) is 1.85. The summed E-state index contributed by atoms with van der Waals surface area (Å²) in [6.07, 6.45) is 1.22. The first-order valence-electron chi connectivity index (χ1n) is 4.64. The van der Waals surface area contributed by atoms with Crippen LogP contribution >= 0.6 is 0 Å². The molecule has 0 aliphatic heterocycles. The molecule has 0 aliphatic carbocycles. The van der Waals surface area contributed by atoms with E-state index in [2.05, 4.69) is 10.1 Å². The number of aliphatic carboxylic acids is 1. The normalized spacial score (nSPS) is 12.7. The molecule has 2 N–H and O–H groups in total. The second-order valence-corrected chi connectivity index (χ2v) is 3.55.